The molecule has 0 N–H and O–H groups in total. The third-order valence-corrected chi connectivity index (χ3v) is 8.31. The molecule has 4 rings (SSSR count). The van der Waals surface area contributed by atoms with Crippen LogP contribution in [0.2, 0.25) is 0 Å². The molecule has 1 saturated heterocycles. The quantitative estimate of drug-likeness (QED) is 0.396. The van der Waals surface area contributed by atoms with Gasteiger partial charge in [0.1, 0.15) is 24.3 Å². The number of benzene rings is 3. The van der Waals surface area contributed by atoms with Gasteiger partial charge in [-0.05, 0) is 57.4 Å². The van der Waals surface area contributed by atoms with Gasteiger partial charge in [-0.2, -0.15) is 4.31 Å². The second-order valence-electron chi connectivity index (χ2n) is 10.5. The Morgan fingerprint density at radius 2 is 1.45 bits per heavy atom. The van der Waals surface area contributed by atoms with Crippen LogP contribution in [0.25, 0.3) is 0 Å². The lowest BCUT2D eigenvalue weighted by atomic mass is 9.91. The second kappa shape index (κ2) is 11.1. The lowest BCUT2D eigenvalue weighted by Gasteiger charge is -2.30. The first-order chi connectivity index (χ1) is 18.0. The molecule has 1 aliphatic heterocycles. The van der Waals surface area contributed by atoms with Crippen molar-refractivity contribution in [3.05, 3.63) is 102 Å². The molecule has 0 amide bonds. The zero-order valence-electron chi connectivity index (χ0n) is 22.0. The molecule has 0 aromatic heterocycles. The summed E-state index contributed by atoms with van der Waals surface area (Å²) in [5, 5.41) is 0. The lowest BCUT2D eigenvalue weighted by Crippen LogP contribution is -2.50. The van der Waals surface area contributed by atoms with Crippen molar-refractivity contribution in [2.45, 2.75) is 69.2 Å². The van der Waals surface area contributed by atoms with Gasteiger partial charge < -0.3 is 9.47 Å². The standard InChI is InChI=1S/C30H33NO6S/c1-21-15-17-24(18-16-21)38(34,35)31-26(28(32)37-30(2,3)4)19-25(23-13-9-6-10-14-23)27(31)29(33)36-20-22-11-7-5-8-12-22/h5-18,25-27H,19-20H2,1-4H3. The van der Waals surface area contributed by atoms with Gasteiger partial charge in [-0.15, -0.1) is 0 Å². The Kier molecular flexibility index (Phi) is 8.04. The Morgan fingerprint density at radius 1 is 0.868 bits per heavy atom. The Labute approximate surface area is 224 Å². The van der Waals surface area contributed by atoms with Crippen LogP contribution in [-0.4, -0.2) is 42.3 Å². The molecule has 1 heterocycles. The smallest absolute Gasteiger partial charge is 0.325 e. The molecule has 8 heteroatoms. The molecule has 0 spiro atoms. The minimum Gasteiger partial charge on any atom is -0.460 e. The first kappa shape index (κ1) is 27.5. The minimum atomic E-state index is -4.29. The maximum Gasteiger partial charge on any atom is 0.325 e. The van der Waals surface area contributed by atoms with E-state index >= 15 is 0 Å². The van der Waals surface area contributed by atoms with Gasteiger partial charge in [0.25, 0.3) is 0 Å². The molecule has 38 heavy (non-hydrogen) atoms. The van der Waals surface area contributed by atoms with Crippen LogP contribution in [0, 0.1) is 6.92 Å². The number of hydrogen-bond donors (Lipinski definition) is 0. The predicted molar refractivity (Wildman–Crippen MR) is 144 cm³/mol. The summed E-state index contributed by atoms with van der Waals surface area (Å²) in [6.45, 7) is 7.00. The van der Waals surface area contributed by atoms with Crippen molar-refractivity contribution in [3.8, 4) is 0 Å². The molecule has 0 aliphatic carbocycles. The van der Waals surface area contributed by atoms with E-state index in [1.54, 1.807) is 32.9 Å². The zero-order valence-corrected chi connectivity index (χ0v) is 22.9. The summed E-state index contributed by atoms with van der Waals surface area (Å²) in [5.74, 6) is -2.03. The highest BCUT2D eigenvalue weighted by molar-refractivity contribution is 7.89. The molecule has 0 saturated carbocycles. The molecule has 1 fully saturated rings. The van der Waals surface area contributed by atoms with E-state index in [1.807, 2.05) is 67.6 Å². The van der Waals surface area contributed by atoms with Crippen LogP contribution < -0.4 is 0 Å². The molecule has 7 nitrogen and oxygen atoms in total. The van der Waals surface area contributed by atoms with E-state index in [0.29, 0.717) is 0 Å². The number of hydrogen-bond acceptors (Lipinski definition) is 6. The molecule has 0 bridgehead atoms. The summed E-state index contributed by atoms with van der Waals surface area (Å²) in [4.78, 5) is 27.2. The van der Waals surface area contributed by atoms with Gasteiger partial charge in [0.15, 0.2) is 0 Å². The van der Waals surface area contributed by atoms with Crippen molar-refractivity contribution in [3.63, 3.8) is 0 Å². The molecule has 3 atom stereocenters. The van der Waals surface area contributed by atoms with Gasteiger partial charge in [-0.25, -0.2) is 8.42 Å². The SMILES string of the molecule is Cc1ccc(S(=O)(=O)N2C(C(=O)OC(C)(C)C)CC(c3ccccc3)C2C(=O)OCc2ccccc2)cc1. The Balaban J connectivity index is 1.80. The van der Waals surface area contributed by atoms with Gasteiger partial charge in [-0.1, -0.05) is 78.4 Å². The Bertz CT molecular complexity index is 1370. The number of carbonyl (C=O) groups is 2. The number of sulfonamides is 1. The molecular formula is C30H33NO6S. The molecule has 0 radical (unpaired) electrons. The fourth-order valence-electron chi connectivity index (χ4n) is 4.66. The van der Waals surface area contributed by atoms with Crippen LogP contribution in [0.15, 0.2) is 89.8 Å². The van der Waals surface area contributed by atoms with Crippen LogP contribution in [-0.2, 0) is 35.7 Å². The first-order valence-electron chi connectivity index (χ1n) is 12.6. The summed E-state index contributed by atoms with van der Waals surface area (Å²) in [6, 6.07) is 22.2. The summed E-state index contributed by atoms with van der Waals surface area (Å²) >= 11 is 0. The summed E-state index contributed by atoms with van der Waals surface area (Å²) in [7, 11) is -4.29. The molecule has 3 aromatic carbocycles. The molecule has 200 valence electrons. The van der Waals surface area contributed by atoms with Crippen LogP contribution >= 0.6 is 0 Å². The topological polar surface area (TPSA) is 90.0 Å². The Morgan fingerprint density at radius 3 is 2.03 bits per heavy atom. The third-order valence-electron chi connectivity index (χ3n) is 6.41. The predicted octanol–water partition coefficient (Wildman–Crippen LogP) is 5.00. The summed E-state index contributed by atoms with van der Waals surface area (Å²) in [6.07, 6.45) is 0.0785. The van der Waals surface area contributed by atoms with E-state index in [-0.39, 0.29) is 17.9 Å². The zero-order chi connectivity index (χ0) is 27.5. The Hall–Kier alpha value is -3.49. The van der Waals surface area contributed by atoms with Crippen molar-refractivity contribution >= 4 is 22.0 Å². The van der Waals surface area contributed by atoms with E-state index in [1.165, 1.54) is 12.1 Å². The maximum absolute atomic E-state index is 14.1. The van der Waals surface area contributed by atoms with E-state index in [0.717, 1.165) is 21.0 Å². The second-order valence-corrected chi connectivity index (χ2v) is 12.3. The normalized spacial score (nSPS) is 20.2. The average molecular weight is 536 g/mol. The van der Waals surface area contributed by atoms with Gasteiger partial charge >= 0.3 is 11.9 Å². The number of nitrogens with zero attached hydrogens (tertiary/aromatic N) is 1. The van der Waals surface area contributed by atoms with E-state index in [4.69, 9.17) is 9.47 Å². The maximum atomic E-state index is 14.1. The largest absolute Gasteiger partial charge is 0.460 e. The van der Waals surface area contributed by atoms with Crippen LogP contribution in [0.5, 0.6) is 0 Å². The highest BCUT2D eigenvalue weighted by Crippen LogP contribution is 2.42. The number of aryl methyl sites for hydroxylation is 1. The first-order valence-corrected chi connectivity index (χ1v) is 14.0. The number of carbonyl (C=O) groups excluding carboxylic acids is 2. The monoisotopic (exact) mass is 535 g/mol. The van der Waals surface area contributed by atoms with Crippen LogP contribution in [0.3, 0.4) is 0 Å². The van der Waals surface area contributed by atoms with E-state index < -0.39 is 45.6 Å². The highest BCUT2D eigenvalue weighted by atomic mass is 32.2. The molecule has 1 aliphatic rings. The third kappa shape index (κ3) is 6.14. The summed E-state index contributed by atoms with van der Waals surface area (Å²) < 4.78 is 40.5. The van der Waals surface area contributed by atoms with Gasteiger partial charge in [0.05, 0.1) is 4.90 Å². The fraction of sp³-hybridized carbons (Fsp3) is 0.333. The number of esters is 2. The van der Waals surface area contributed by atoms with Crippen molar-refractivity contribution < 1.29 is 27.5 Å². The summed E-state index contributed by atoms with van der Waals surface area (Å²) in [5.41, 5.74) is 1.55. The fourth-order valence-corrected chi connectivity index (χ4v) is 6.43. The number of ether oxygens (including phenoxy) is 2. The minimum absolute atomic E-state index is 0.00812. The lowest BCUT2D eigenvalue weighted by molar-refractivity contribution is -0.159. The van der Waals surface area contributed by atoms with Gasteiger partial charge in [-0.3, -0.25) is 9.59 Å². The van der Waals surface area contributed by atoms with Crippen molar-refractivity contribution in [1.29, 1.82) is 0 Å². The van der Waals surface area contributed by atoms with Gasteiger partial charge in [0.2, 0.25) is 10.0 Å². The van der Waals surface area contributed by atoms with Crippen molar-refractivity contribution in [2.24, 2.45) is 0 Å². The van der Waals surface area contributed by atoms with E-state index in [9.17, 15) is 18.0 Å². The van der Waals surface area contributed by atoms with Crippen LogP contribution in [0.4, 0.5) is 0 Å². The molecule has 3 aromatic rings. The van der Waals surface area contributed by atoms with Crippen molar-refractivity contribution in [1.82, 2.24) is 4.31 Å². The number of rotatable bonds is 7. The van der Waals surface area contributed by atoms with E-state index in [2.05, 4.69) is 0 Å². The highest BCUT2D eigenvalue weighted by Gasteiger charge is 2.55. The molecule has 3 unspecified atom stereocenters. The van der Waals surface area contributed by atoms with Gasteiger partial charge in [0, 0.05) is 5.92 Å². The average Bonchev–Trinajstić information content (AvgIpc) is 3.30. The molecular weight excluding hydrogens is 502 g/mol. The van der Waals surface area contributed by atoms with Crippen molar-refractivity contribution in [2.75, 3.05) is 0 Å². The van der Waals surface area contributed by atoms with Crippen LogP contribution in [0.1, 0.15) is 49.8 Å².